The third-order valence-corrected chi connectivity index (χ3v) is 4.04. The van der Waals surface area contributed by atoms with E-state index in [0.29, 0.717) is 6.04 Å². The Bertz CT molecular complexity index is 573. The van der Waals surface area contributed by atoms with Gasteiger partial charge in [-0.2, -0.15) is 0 Å². The zero-order valence-corrected chi connectivity index (χ0v) is 11.4. The van der Waals surface area contributed by atoms with Gasteiger partial charge in [-0.1, -0.05) is 13.3 Å². The fraction of sp³-hybridized carbons (Fsp3) is 0.500. The highest BCUT2D eigenvalue weighted by atomic mass is 19.1. The smallest absolute Gasteiger partial charge is 0.123 e. The van der Waals surface area contributed by atoms with Crippen molar-refractivity contribution in [1.29, 1.82) is 0 Å². The molecule has 1 atom stereocenters. The Morgan fingerprint density at radius 1 is 1.37 bits per heavy atom. The zero-order valence-electron chi connectivity index (χ0n) is 11.4. The first-order chi connectivity index (χ1) is 9.29. The lowest BCUT2D eigenvalue weighted by Crippen LogP contribution is -2.22. The Labute approximate surface area is 113 Å². The van der Waals surface area contributed by atoms with Crippen LogP contribution in [0.25, 0.3) is 10.9 Å². The van der Waals surface area contributed by atoms with Crippen molar-refractivity contribution in [2.24, 2.45) is 0 Å². The van der Waals surface area contributed by atoms with Gasteiger partial charge in [-0.05, 0) is 56.0 Å². The fourth-order valence-electron chi connectivity index (χ4n) is 3.15. The molecule has 0 bridgehead atoms. The van der Waals surface area contributed by atoms with Gasteiger partial charge in [0.2, 0.25) is 0 Å². The van der Waals surface area contributed by atoms with E-state index in [4.69, 9.17) is 0 Å². The topological polar surface area (TPSA) is 27.8 Å². The van der Waals surface area contributed by atoms with E-state index in [-0.39, 0.29) is 5.82 Å². The van der Waals surface area contributed by atoms with Gasteiger partial charge in [0, 0.05) is 22.6 Å². The lowest BCUT2D eigenvalue weighted by atomic mass is 10.0. The van der Waals surface area contributed by atoms with Gasteiger partial charge >= 0.3 is 0 Å². The van der Waals surface area contributed by atoms with Gasteiger partial charge in [0.05, 0.1) is 0 Å². The molecule has 0 spiro atoms. The Balaban J connectivity index is 2.08. The SMILES string of the molecule is CCCNC1CCCCc2[nH]c3ccc(F)cc3c21. The molecule has 3 rings (SSSR count). The Morgan fingerprint density at radius 3 is 3.11 bits per heavy atom. The summed E-state index contributed by atoms with van der Waals surface area (Å²) in [5.41, 5.74) is 3.67. The first-order valence-electron chi connectivity index (χ1n) is 7.33. The van der Waals surface area contributed by atoms with Crippen molar-refractivity contribution < 1.29 is 4.39 Å². The largest absolute Gasteiger partial charge is 0.358 e. The van der Waals surface area contributed by atoms with Crippen LogP contribution in [0.5, 0.6) is 0 Å². The van der Waals surface area contributed by atoms with E-state index in [1.54, 1.807) is 6.07 Å². The maximum atomic E-state index is 13.5. The molecule has 1 aromatic heterocycles. The number of rotatable bonds is 3. The zero-order chi connectivity index (χ0) is 13.2. The van der Waals surface area contributed by atoms with Crippen LogP contribution in [-0.4, -0.2) is 11.5 Å². The summed E-state index contributed by atoms with van der Waals surface area (Å²) >= 11 is 0. The number of nitrogens with one attached hydrogen (secondary N) is 2. The molecule has 0 aliphatic heterocycles. The minimum Gasteiger partial charge on any atom is -0.358 e. The molecule has 1 unspecified atom stereocenters. The lowest BCUT2D eigenvalue weighted by molar-refractivity contribution is 0.492. The average Bonchev–Trinajstić information content (AvgIpc) is 2.63. The fourth-order valence-corrected chi connectivity index (χ4v) is 3.15. The Hall–Kier alpha value is -1.35. The van der Waals surface area contributed by atoms with Gasteiger partial charge < -0.3 is 10.3 Å². The van der Waals surface area contributed by atoms with Crippen LogP contribution >= 0.6 is 0 Å². The maximum absolute atomic E-state index is 13.5. The summed E-state index contributed by atoms with van der Waals surface area (Å²) in [6.07, 6.45) is 5.81. The first kappa shape index (κ1) is 12.7. The van der Waals surface area contributed by atoms with Crippen LogP contribution in [0.1, 0.15) is 49.9 Å². The summed E-state index contributed by atoms with van der Waals surface area (Å²) in [4.78, 5) is 3.48. The van der Waals surface area contributed by atoms with Crippen molar-refractivity contribution in [3.8, 4) is 0 Å². The van der Waals surface area contributed by atoms with E-state index >= 15 is 0 Å². The Morgan fingerprint density at radius 2 is 2.26 bits per heavy atom. The molecule has 102 valence electrons. The van der Waals surface area contributed by atoms with Gasteiger partial charge in [0.25, 0.3) is 0 Å². The summed E-state index contributed by atoms with van der Waals surface area (Å²) in [7, 11) is 0. The highest BCUT2D eigenvalue weighted by Crippen LogP contribution is 2.34. The van der Waals surface area contributed by atoms with Crippen LogP contribution in [0.15, 0.2) is 18.2 Å². The van der Waals surface area contributed by atoms with Crippen molar-refractivity contribution >= 4 is 10.9 Å². The highest BCUT2D eigenvalue weighted by Gasteiger charge is 2.22. The number of aryl methyl sites for hydroxylation is 1. The van der Waals surface area contributed by atoms with E-state index in [0.717, 1.165) is 36.7 Å². The second kappa shape index (κ2) is 5.33. The van der Waals surface area contributed by atoms with Crippen LogP contribution in [0, 0.1) is 5.82 Å². The van der Waals surface area contributed by atoms with Crippen molar-refractivity contribution in [3.63, 3.8) is 0 Å². The molecule has 2 aromatic rings. The second-order valence-electron chi connectivity index (χ2n) is 5.46. The van der Waals surface area contributed by atoms with Crippen LogP contribution in [0.3, 0.4) is 0 Å². The predicted octanol–water partition coefficient (Wildman–Crippen LogP) is 4.07. The van der Waals surface area contributed by atoms with Gasteiger partial charge in [-0.25, -0.2) is 4.39 Å². The normalized spacial score (nSPS) is 19.4. The number of aromatic nitrogens is 1. The Kier molecular flexibility index (Phi) is 3.56. The molecule has 0 saturated heterocycles. The number of halogens is 1. The molecule has 19 heavy (non-hydrogen) atoms. The molecular formula is C16H21FN2. The van der Waals surface area contributed by atoms with Gasteiger partial charge in [0.15, 0.2) is 0 Å². The van der Waals surface area contributed by atoms with Gasteiger partial charge in [-0.3, -0.25) is 0 Å². The molecule has 0 saturated carbocycles. The number of fused-ring (bicyclic) bond motifs is 3. The van der Waals surface area contributed by atoms with E-state index < -0.39 is 0 Å². The maximum Gasteiger partial charge on any atom is 0.123 e. The second-order valence-corrected chi connectivity index (χ2v) is 5.46. The van der Waals surface area contributed by atoms with Gasteiger partial charge in [0.1, 0.15) is 5.82 Å². The lowest BCUT2D eigenvalue weighted by Gasteiger charge is -2.17. The third-order valence-electron chi connectivity index (χ3n) is 4.04. The molecule has 2 nitrogen and oxygen atoms in total. The van der Waals surface area contributed by atoms with Crippen molar-refractivity contribution in [2.45, 2.75) is 45.1 Å². The molecule has 1 aromatic carbocycles. The summed E-state index contributed by atoms with van der Waals surface area (Å²) in [5, 5.41) is 4.68. The predicted molar refractivity (Wildman–Crippen MR) is 76.8 cm³/mol. The summed E-state index contributed by atoms with van der Waals surface area (Å²) in [6, 6.07) is 5.44. The first-order valence-corrected chi connectivity index (χ1v) is 7.33. The minimum atomic E-state index is -0.146. The van der Waals surface area contributed by atoms with Crippen molar-refractivity contribution in [3.05, 3.63) is 35.3 Å². The standard InChI is InChI=1S/C16H21FN2/c1-2-9-18-14-5-3-4-6-15-16(14)12-10-11(17)7-8-13(12)19-15/h7-8,10,14,18-19H,2-6,9H2,1H3. The van der Waals surface area contributed by atoms with Crippen molar-refractivity contribution in [1.82, 2.24) is 10.3 Å². The summed E-state index contributed by atoms with van der Waals surface area (Å²) < 4.78 is 13.5. The van der Waals surface area contributed by atoms with E-state index in [9.17, 15) is 4.39 Å². The van der Waals surface area contributed by atoms with Crippen LogP contribution in [-0.2, 0) is 6.42 Å². The van der Waals surface area contributed by atoms with Crippen LogP contribution in [0.4, 0.5) is 4.39 Å². The van der Waals surface area contributed by atoms with Crippen molar-refractivity contribution in [2.75, 3.05) is 6.54 Å². The van der Waals surface area contributed by atoms with E-state index in [1.165, 1.54) is 30.2 Å². The summed E-state index contributed by atoms with van der Waals surface area (Å²) in [6.45, 7) is 3.20. The van der Waals surface area contributed by atoms with Crippen LogP contribution < -0.4 is 5.32 Å². The molecule has 3 heteroatoms. The number of benzene rings is 1. The molecular weight excluding hydrogens is 239 g/mol. The molecule has 0 fully saturated rings. The molecule has 0 radical (unpaired) electrons. The molecule has 1 aliphatic rings. The summed E-state index contributed by atoms with van der Waals surface area (Å²) in [5.74, 6) is -0.146. The number of hydrogen-bond donors (Lipinski definition) is 2. The third kappa shape index (κ3) is 2.39. The monoisotopic (exact) mass is 260 g/mol. The van der Waals surface area contributed by atoms with E-state index in [2.05, 4.69) is 17.2 Å². The quantitative estimate of drug-likeness (QED) is 0.800. The van der Waals surface area contributed by atoms with E-state index in [1.807, 2.05) is 6.07 Å². The number of aromatic amines is 1. The number of hydrogen-bond acceptors (Lipinski definition) is 1. The average molecular weight is 260 g/mol. The van der Waals surface area contributed by atoms with Crippen LogP contribution in [0.2, 0.25) is 0 Å². The molecule has 2 N–H and O–H groups in total. The number of H-pyrrole nitrogens is 1. The highest BCUT2D eigenvalue weighted by molar-refractivity contribution is 5.85. The molecule has 1 heterocycles. The van der Waals surface area contributed by atoms with Gasteiger partial charge in [-0.15, -0.1) is 0 Å². The molecule has 1 aliphatic carbocycles. The molecule has 0 amide bonds. The minimum absolute atomic E-state index is 0.146.